The maximum atomic E-state index is 5.31. The van der Waals surface area contributed by atoms with Crippen LogP contribution < -0.4 is 0 Å². The van der Waals surface area contributed by atoms with Gasteiger partial charge in [-0.15, -0.1) is 0 Å². The van der Waals surface area contributed by atoms with E-state index in [-0.39, 0.29) is 0 Å². The number of nitrogens with zero attached hydrogens (tertiary/aromatic N) is 4. The number of benzene rings is 1. The van der Waals surface area contributed by atoms with Crippen LogP contribution in [0.2, 0.25) is 0 Å². The molecule has 0 fully saturated rings. The quantitative estimate of drug-likeness (QED) is 0.503. The molecule has 0 aliphatic heterocycles. The van der Waals surface area contributed by atoms with Crippen molar-refractivity contribution >= 4 is 17.3 Å². The molecule has 0 unspecified atom stereocenters. The second kappa shape index (κ2) is 6.37. The topological polar surface area (TPSA) is 56.2 Å². The first kappa shape index (κ1) is 15.9. The van der Waals surface area contributed by atoms with Gasteiger partial charge in [0, 0.05) is 11.6 Å². The molecule has 25 heavy (non-hydrogen) atoms. The molecular weight excluding hydrogens is 332 g/mol. The first-order chi connectivity index (χ1) is 12.1. The Hall–Kier alpha value is -2.60. The molecule has 5 nitrogen and oxygen atoms in total. The highest BCUT2D eigenvalue weighted by Crippen LogP contribution is 2.32. The standard InChI is InChI=1S/C19H18N4OS/c1-12-9-13(2)21-23-18(12)17(15-7-5-4-6-8-15)20-19(23)25-11-16-10-14(3)22-24-16/h4-10H,11H2,1-3H3. The minimum absolute atomic E-state index is 0.669. The van der Waals surface area contributed by atoms with Gasteiger partial charge >= 0.3 is 0 Å². The first-order valence-electron chi connectivity index (χ1n) is 8.09. The van der Waals surface area contributed by atoms with E-state index in [0.717, 1.165) is 39.1 Å². The highest BCUT2D eigenvalue weighted by Gasteiger charge is 2.17. The predicted octanol–water partition coefficient (Wildman–Crippen LogP) is 4.60. The van der Waals surface area contributed by atoms with Crippen LogP contribution in [0.4, 0.5) is 0 Å². The summed E-state index contributed by atoms with van der Waals surface area (Å²) in [5.41, 5.74) is 6.13. The minimum atomic E-state index is 0.669. The SMILES string of the molecule is Cc1cc(CSc2nc(-c3ccccc3)c3c(C)cc(C)nn23)on1. The summed E-state index contributed by atoms with van der Waals surface area (Å²) in [6.07, 6.45) is 0. The smallest absolute Gasteiger partial charge is 0.190 e. The van der Waals surface area contributed by atoms with Crippen molar-refractivity contribution in [3.05, 3.63) is 65.2 Å². The lowest BCUT2D eigenvalue weighted by Crippen LogP contribution is -1.98. The average molecular weight is 350 g/mol. The Morgan fingerprint density at radius 1 is 1.04 bits per heavy atom. The molecule has 0 saturated heterocycles. The third-order valence-corrected chi connectivity index (χ3v) is 4.90. The molecule has 126 valence electrons. The normalized spacial score (nSPS) is 11.3. The van der Waals surface area contributed by atoms with Crippen LogP contribution in [-0.2, 0) is 5.75 Å². The van der Waals surface area contributed by atoms with Gasteiger partial charge in [-0.1, -0.05) is 47.3 Å². The van der Waals surface area contributed by atoms with Gasteiger partial charge in [0.25, 0.3) is 0 Å². The molecule has 0 spiro atoms. The van der Waals surface area contributed by atoms with Gasteiger partial charge in [0.1, 0.15) is 5.76 Å². The Morgan fingerprint density at radius 2 is 1.84 bits per heavy atom. The lowest BCUT2D eigenvalue weighted by molar-refractivity contribution is 0.391. The fraction of sp³-hybridized carbons (Fsp3) is 0.211. The van der Waals surface area contributed by atoms with Crippen LogP contribution in [0.1, 0.15) is 22.7 Å². The number of fused-ring (bicyclic) bond motifs is 1. The average Bonchev–Trinajstić information content (AvgIpc) is 3.17. The van der Waals surface area contributed by atoms with Crippen molar-refractivity contribution in [3.8, 4) is 11.3 Å². The Balaban J connectivity index is 1.81. The van der Waals surface area contributed by atoms with E-state index in [1.54, 1.807) is 11.8 Å². The third-order valence-electron chi connectivity index (χ3n) is 3.95. The molecule has 0 radical (unpaired) electrons. The van der Waals surface area contributed by atoms with Crippen LogP contribution in [0.5, 0.6) is 0 Å². The van der Waals surface area contributed by atoms with Crippen molar-refractivity contribution in [2.45, 2.75) is 31.7 Å². The Kier molecular flexibility index (Phi) is 4.05. The molecule has 3 heterocycles. The van der Waals surface area contributed by atoms with E-state index < -0.39 is 0 Å². The monoisotopic (exact) mass is 350 g/mol. The van der Waals surface area contributed by atoms with Crippen LogP contribution in [0.3, 0.4) is 0 Å². The molecule has 6 heteroatoms. The van der Waals surface area contributed by atoms with E-state index in [1.807, 2.05) is 42.6 Å². The van der Waals surface area contributed by atoms with Crippen molar-refractivity contribution < 1.29 is 4.52 Å². The minimum Gasteiger partial charge on any atom is -0.360 e. The summed E-state index contributed by atoms with van der Waals surface area (Å²) in [5.74, 6) is 1.51. The molecule has 1 aromatic carbocycles. The van der Waals surface area contributed by atoms with Crippen LogP contribution >= 0.6 is 11.8 Å². The Bertz CT molecular complexity index is 1040. The van der Waals surface area contributed by atoms with Crippen LogP contribution in [0, 0.1) is 20.8 Å². The Labute approximate surface area is 150 Å². The molecule has 4 rings (SSSR count). The summed E-state index contributed by atoms with van der Waals surface area (Å²) in [7, 11) is 0. The van der Waals surface area contributed by atoms with Crippen molar-refractivity contribution in [2.75, 3.05) is 0 Å². The molecule has 0 amide bonds. The van der Waals surface area contributed by atoms with E-state index in [9.17, 15) is 0 Å². The van der Waals surface area contributed by atoms with Crippen molar-refractivity contribution in [1.29, 1.82) is 0 Å². The number of thioether (sulfide) groups is 1. The van der Waals surface area contributed by atoms with Gasteiger partial charge in [-0.2, -0.15) is 5.10 Å². The zero-order chi connectivity index (χ0) is 17.4. The van der Waals surface area contributed by atoms with Crippen molar-refractivity contribution in [2.24, 2.45) is 0 Å². The maximum Gasteiger partial charge on any atom is 0.190 e. The molecule has 0 aliphatic rings. The molecule has 0 aliphatic carbocycles. The maximum absolute atomic E-state index is 5.31. The van der Waals surface area contributed by atoms with Gasteiger partial charge in [0.15, 0.2) is 5.16 Å². The summed E-state index contributed by atoms with van der Waals surface area (Å²) >= 11 is 1.60. The second-order valence-electron chi connectivity index (χ2n) is 6.06. The summed E-state index contributed by atoms with van der Waals surface area (Å²) in [6.45, 7) is 6.03. The number of aryl methyl sites for hydroxylation is 3. The predicted molar refractivity (Wildman–Crippen MR) is 98.7 cm³/mol. The molecule has 0 bridgehead atoms. The van der Waals surface area contributed by atoms with Crippen molar-refractivity contribution in [1.82, 2.24) is 19.8 Å². The molecule has 0 saturated carbocycles. The van der Waals surface area contributed by atoms with Crippen molar-refractivity contribution in [3.63, 3.8) is 0 Å². The van der Waals surface area contributed by atoms with Gasteiger partial charge < -0.3 is 4.52 Å². The molecule has 3 aromatic heterocycles. The number of hydrogen-bond acceptors (Lipinski definition) is 5. The van der Waals surface area contributed by atoms with Crippen LogP contribution in [-0.4, -0.2) is 19.8 Å². The molecular formula is C19H18N4OS. The van der Waals surface area contributed by atoms with Gasteiger partial charge in [-0.05, 0) is 32.4 Å². The lowest BCUT2D eigenvalue weighted by atomic mass is 10.1. The molecule has 0 atom stereocenters. The zero-order valence-electron chi connectivity index (χ0n) is 14.4. The zero-order valence-corrected chi connectivity index (χ0v) is 15.2. The second-order valence-corrected chi connectivity index (χ2v) is 7.00. The van der Waals surface area contributed by atoms with E-state index in [4.69, 9.17) is 9.51 Å². The highest BCUT2D eigenvalue weighted by molar-refractivity contribution is 7.98. The number of rotatable bonds is 4. The van der Waals surface area contributed by atoms with Crippen LogP contribution in [0.25, 0.3) is 16.8 Å². The fourth-order valence-corrected chi connectivity index (χ4v) is 3.74. The van der Waals surface area contributed by atoms with Crippen LogP contribution in [0.15, 0.2) is 52.1 Å². The van der Waals surface area contributed by atoms with Gasteiger partial charge in [-0.3, -0.25) is 0 Å². The summed E-state index contributed by atoms with van der Waals surface area (Å²) in [4.78, 5) is 4.88. The summed E-state index contributed by atoms with van der Waals surface area (Å²) in [6, 6.07) is 14.3. The van der Waals surface area contributed by atoms with Gasteiger partial charge in [-0.25, -0.2) is 9.50 Å². The number of imidazole rings is 1. The molecule has 4 aromatic rings. The highest BCUT2D eigenvalue weighted by atomic mass is 32.2. The first-order valence-corrected chi connectivity index (χ1v) is 9.08. The van der Waals surface area contributed by atoms with E-state index in [2.05, 4.69) is 35.4 Å². The molecule has 0 N–H and O–H groups in total. The fourth-order valence-electron chi connectivity index (χ4n) is 2.92. The van der Waals surface area contributed by atoms with Gasteiger partial charge in [0.05, 0.1) is 28.4 Å². The number of hydrogen-bond donors (Lipinski definition) is 0. The number of aromatic nitrogens is 4. The largest absolute Gasteiger partial charge is 0.360 e. The van der Waals surface area contributed by atoms with E-state index in [1.165, 1.54) is 5.56 Å². The van der Waals surface area contributed by atoms with Gasteiger partial charge in [0.2, 0.25) is 0 Å². The Morgan fingerprint density at radius 3 is 2.56 bits per heavy atom. The summed E-state index contributed by atoms with van der Waals surface area (Å²) < 4.78 is 7.25. The lowest BCUT2D eigenvalue weighted by Gasteiger charge is -2.04. The summed E-state index contributed by atoms with van der Waals surface area (Å²) in [5, 5.41) is 9.48. The third kappa shape index (κ3) is 3.05. The van der Waals surface area contributed by atoms with E-state index >= 15 is 0 Å². The van der Waals surface area contributed by atoms with E-state index in [0.29, 0.717) is 5.75 Å².